The lowest BCUT2D eigenvalue weighted by atomic mass is 9.81. The topological polar surface area (TPSA) is 3.24 Å². The molecule has 0 bridgehead atoms. The molecule has 0 saturated carbocycles. The van der Waals surface area contributed by atoms with Crippen molar-refractivity contribution in [1.29, 1.82) is 0 Å². The van der Waals surface area contributed by atoms with Crippen LogP contribution in [-0.2, 0) is 5.41 Å². The van der Waals surface area contributed by atoms with Crippen molar-refractivity contribution in [3.8, 4) is 33.4 Å². The van der Waals surface area contributed by atoms with Gasteiger partial charge in [-0.3, -0.25) is 0 Å². The van der Waals surface area contributed by atoms with Crippen LogP contribution >= 0.6 is 0 Å². The SMILES string of the molecule is CC1(C)c2cc(-c3cccc(-c4ccc(N(c5ccccc5)c5ccccc5)cc4)c3)ccc2-c2c1ccc1ccccc21. The van der Waals surface area contributed by atoms with E-state index in [0.717, 1.165) is 17.1 Å². The predicted molar refractivity (Wildman–Crippen MR) is 187 cm³/mol. The van der Waals surface area contributed by atoms with Gasteiger partial charge in [0.15, 0.2) is 0 Å². The van der Waals surface area contributed by atoms with Gasteiger partial charge in [-0.15, -0.1) is 0 Å². The fraction of sp³-hybridized carbons (Fsp3) is 0.0698. The number of benzene rings is 7. The molecular formula is C43H33N. The van der Waals surface area contributed by atoms with Crippen LogP contribution in [0.2, 0.25) is 0 Å². The number of hydrogen-bond acceptors (Lipinski definition) is 1. The van der Waals surface area contributed by atoms with Crippen LogP contribution < -0.4 is 4.90 Å². The van der Waals surface area contributed by atoms with E-state index in [-0.39, 0.29) is 5.41 Å². The Bertz CT molecular complexity index is 2080. The maximum atomic E-state index is 2.42. The molecular weight excluding hydrogens is 530 g/mol. The van der Waals surface area contributed by atoms with E-state index < -0.39 is 0 Å². The Morgan fingerprint density at radius 3 is 1.68 bits per heavy atom. The first-order chi connectivity index (χ1) is 21.6. The zero-order chi connectivity index (χ0) is 29.7. The largest absolute Gasteiger partial charge is 0.311 e. The number of anilines is 3. The van der Waals surface area contributed by atoms with Crippen molar-refractivity contribution < 1.29 is 0 Å². The maximum absolute atomic E-state index is 2.42. The van der Waals surface area contributed by atoms with E-state index in [1.54, 1.807) is 0 Å². The maximum Gasteiger partial charge on any atom is 0.0462 e. The quantitative estimate of drug-likeness (QED) is 0.201. The van der Waals surface area contributed by atoms with Crippen LogP contribution in [0.15, 0.2) is 164 Å². The summed E-state index contributed by atoms with van der Waals surface area (Å²) >= 11 is 0. The van der Waals surface area contributed by atoms with Crippen LogP contribution in [0.3, 0.4) is 0 Å². The molecule has 210 valence electrons. The summed E-state index contributed by atoms with van der Waals surface area (Å²) < 4.78 is 0. The van der Waals surface area contributed by atoms with E-state index >= 15 is 0 Å². The van der Waals surface area contributed by atoms with Gasteiger partial charge in [-0.1, -0.05) is 129 Å². The molecule has 7 aromatic rings. The first-order valence-corrected chi connectivity index (χ1v) is 15.4. The lowest BCUT2D eigenvalue weighted by molar-refractivity contribution is 0.661. The second kappa shape index (κ2) is 10.4. The van der Waals surface area contributed by atoms with E-state index in [9.17, 15) is 0 Å². The Kier molecular flexibility index (Phi) is 6.20. The molecule has 44 heavy (non-hydrogen) atoms. The van der Waals surface area contributed by atoms with Crippen LogP contribution in [0, 0.1) is 0 Å². The number of nitrogens with zero attached hydrogens (tertiary/aromatic N) is 1. The molecule has 7 aromatic carbocycles. The lowest BCUT2D eigenvalue weighted by Gasteiger charge is -2.25. The summed E-state index contributed by atoms with van der Waals surface area (Å²) in [6.45, 7) is 4.73. The summed E-state index contributed by atoms with van der Waals surface area (Å²) in [7, 11) is 0. The average molecular weight is 564 g/mol. The fourth-order valence-electron chi connectivity index (χ4n) is 6.97. The standard InChI is InChI=1S/C43H33N/c1-43(2)40-27-23-31-12-9-10-19-38(31)42(40)39-26-22-34(29-41(39)43)33-14-11-13-32(28-33)30-20-24-37(25-21-30)44(35-15-5-3-6-16-35)36-17-7-4-8-18-36/h3-29H,1-2H3. The molecule has 0 radical (unpaired) electrons. The van der Waals surface area contributed by atoms with E-state index in [2.05, 4.69) is 183 Å². The summed E-state index contributed by atoms with van der Waals surface area (Å²) in [5, 5.41) is 2.64. The van der Waals surface area contributed by atoms with Crippen molar-refractivity contribution in [2.75, 3.05) is 4.90 Å². The molecule has 0 fully saturated rings. The highest BCUT2D eigenvalue weighted by Crippen LogP contribution is 2.52. The van der Waals surface area contributed by atoms with Gasteiger partial charge < -0.3 is 4.90 Å². The van der Waals surface area contributed by atoms with E-state index in [4.69, 9.17) is 0 Å². The summed E-state index contributed by atoms with van der Waals surface area (Å²) in [4.78, 5) is 2.30. The van der Waals surface area contributed by atoms with Crippen molar-refractivity contribution in [2.24, 2.45) is 0 Å². The van der Waals surface area contributed by atoms with Gasteiger partial charge in [0.25, 0.3) is 0 Å². The Morgan fingerprint density at radius 2 is 0.977 bits per heavy atom. The highest BCUT2D eigenvalue weighted by Gasteiger charge is 2.36. The minimum atomic E-state index is -0.0540. The van der Waals surface area contributed by atoms with E-state index in [0.29, 0.717) is 0 Å². The Hall–Kier alpha value is -5.40. The van der Waals surface area contributed by atoms with Crippen LogP contribution in [0.5, 0.6) is 0 Å². The fourth-order valence-corrected chi connectivity index (χ4v) is 6.97. The average Bonchev–Trinajstić information content (AvgIpc) is 3.32. The van der Waals surface area contributed by atoms with Gasteiger partial charge in [0.1, 0.15) is 0 Å². The van der Waals surface area contributed by atoms with E-state index in [1.165, 1.54) is 55.3 Å². The molecule has 0 aliphatic heterocycles. The van der Waals surface area contributed by atoms with Crippen molar-refractivity contribution in [3.05, 3.63) is 175 Å². The zero-order valence-electron chi connectivity index (χ0n) is 25.0. The van der Waals surface area contributed by atoms with Gasteiger partial charge in [-0.25, -0.2) is 0 Å². The highest BCUT2D eigenvalue weighted by atomic mass is 15.1. The normalized spacial score (nSPS) is 13.0. The summed E-state index contributed by atoms with van der Waals surface area (Å²) in [6.07, 6.45) is 0. The number of para-hydroxylation sites is 2. The summed E-state index contributed by atoms with van der Waals surface area (Å²) in [5.41, 5.74) is 13.8. The minimum Gasteiger partial charge on any atom is -0.311 e. The van der Waals surface area contributed by atoms with Gasteiger partial charge in [0.05, 0.1) is 0 Å². The van der Waals surface area contributed by atoms with Gasteiger partial charge in [-0.2, -0.15) is 0 Å². The molecule has 0 atom stereocenters. The Labute approximate surface area is 259 Å². The molecule has 0 N–H and O–H groups in total. The Balaban J connectivity index is 1.15. The molecule has 1 aliphatic rings. The second-order valence-electron chi connectivity index (χ2n) is 12.2. The smallest absolute Gasteiger partial charge is 0.0462 e. The molecule has 8 rings (SSSR count). The molecule has 1 aliphatic carbocycles. The van der Waals surface area contributed by atoms with Crippen molar-refractivity contribution in [1.82, 2.24) is 0 Å². The monoisotopic (exact) mass is 563 g/mol. The number of rotatable bonds is 5. The van der Waals surface area contributed by atoms with Crippen molar-refractivity contribution in [2.45, 2.75) is 19.3 Å². The third-order valence-corrected chi connectivity index (χ3v) is 9.25. The van der Waals surface area contributed by atoms with Crippen molar-refractivity contribution in [3.63, 3.8) is 0 Å². The van der Waals surface area contributed by atoms with Gasteiger partial charge in [-0.05, 0) is 104 Å². The van der Waals surface area contributed by atoms with Crippen LogP contribution in [0.1, 0.15) is 25.0 Å². The molecule has 1 nitrogen and oxygen atoms in total. The molecule has 1 heteroatoms. The highest BCUT2D eigenvalue weighted by molar-refractivity contribution is 6.02. The van der Waals surface area contributed by atoms with Crippen LogP contribution in [-0.4, -0.2) is 0 Å². The van der Waals surface area contributed by atoms with Gasteiger partial charge in [0.2, 0.25) is 0 Å². The molecule has 0 saturated heterocycles. The number of hydrogen-bond donors (Lipinski definition) is 0. The third kappa shape index (κ3) is 4.32. The van der Waals surface area contributed by atoms with Gasteiger partial charge in [0, 0.05) is 22.5 Å². The lowest BCUT2D eigenvalue weighted by Crippen LogP contribution is -2.15. The van der Waals surface area contributed by atoms with Crippen LogP contribution in [0.4, 0.5) is 17.1 Å². The van der Waals surface area contributed by atoms with Crippen molar-refractivity contribution >= 4 is 27.8 Å². The molecule has 0 heterocycles. The molecule has 0 amide bonds. The van der Waals surface area contributed by atoms with Gasteiger partial charge >= 0.3 is 0 Å². The third-order valence-electron chi connectivity index (χ3n) is 9.25. The first kappa shape index (κ1) is 26.2. The zero-order valence-corrected chi connectivity index (χ0v) is 25.0. The predicted octanol–water partition coefficient (Wildman–Crippen LogP) is 11.9. The Morgan fingerprint density at radius 1 is 0.409 bits per heavy atom. The molecule has 0 aromatic heterocycles. The van der Waals surface area contributed by atoms with Crippen LogP contribution in [0.25, 0.3) is 44.2 Å². The number of fused-ring (bicyclic) bond motifs is 5. The van der Waals surface area contributed by atoms with E-state index in [1.807, 2.05) is 0 Å². The minimum absolute atomic E-state index is 0.0540. The summed E-state index contributed by atoms with van der Waals surface area (Å²) in [6, 6.07) is 59.4. The summed E-state index contributed by atoms with van der Waals surface area (Å²) in [5.74, 6) is 0. The molecule has 0 spiro atoms. The first-order valence-electron chi connectivity index (χ1n) is 15.4. The second-order valence-corrected chi connectivity index (χ2v) is 12.2. The molecule has 0 unspecified atom stereocenters.